The number of benzene rings is 1. The number of Topliss-reactive ketones (excluding diaryl/α,β-unsaturated/α-hetero) is 1. The van der Waals surface area contributed by atoms with Crippen molar-refractivity contribution in [1.82, 2.24) is 9.97 Å². The third kappa shape index (κ3) is 3.77. The Kier molecular flexibility index (Phi) is 4.21. The van der Waals surface area contributed by atoms with E-state index in [1.807, 2.05) is 0 Å². The summed E-state index contributed by atoms with van der Waals surface area (Å²) in [6.07, 6.45) is -2.01. The summed E-state index contributed by atoms with van der Waals surface area (Å²) in [4.78, 5) is 18.5. The van der Waals surface area contributed by atoms with Gasteiger partial charge in [0.05, 0.1) is 18.0 Å². The van der Waals surface area contributed by atoms with E-state index >= 15 is 0 Å². The van der Waals surface area contributed by atoms with Crippen LogP contribution in [0.15, 0.2) is 36.7 Å². The summed E-state index contributed by atoms with van der Waals surface area (Å²) in [7, 11) is 0. The van der Waals surface area contributed by atoms with Gasteiger partial charge < -0.3 is 4.74 Å². The minimum atomic E-state index is -4.48. The topological polar surface area (TPSA) is 52.1 Å². The average Bonchev–Trinajstić information content (AvgIpc) is 2.45. The van der Waals surface area contributed by atoms with Crippen molar-refractivity contribution in [2.24, 2.45) is 0 Å². The Bertz CT molecular complexity index is 639. The number of rotatable bonds is 4. The Morgan fingerprint density at radius 2 is 1.81 bits per heavy atom. The van der Waals surface area contributed by atoms with E-state index in [1.165, 1.54) is 37.5 Å². The van der Waals surface area contributed by atoms with Gasteiger partial charge in [-0.15, -0.1) is 0 Å². The van der Waals surface area contributed by atoms with Crippen molar-refractivity contribution >= 4 is 5.78 Å². The Balaban J connectivity index is 2.29. The van der Waals surface area contributed by atoms with Crippen LogP contribution in [0.5, 0.6) is 5.75 Å². The number of ketones is 1. The lowest BCUT2D eigenvalue weighted by atomic mass is 10.1. The molecule has 4 nitrogen and oxygen atoms in total. The minimum absolute atomic E-state index is 0.0573. The largest absolute Gasteiger partial charge is 0.483 e. The van der Waals surface area contributed by atoms with Gasteiger partial charge in [-0.25, -0.2) is 9.97 Å². The summed E-state index contributed by atoms with van der Waals surface area (Å²) >= 11 is 0. The predicted octanol–water partition coefficient (Wildman–Crippen LogP) is 3.13. The molecule has 0 aliphatic rings. The van der Waals surface area contributed by atoms with Gasteiger partial charge in [0.25, 0.3) is 0 Å². The summed E-state index contributed by atoms with van der Waals surface area (Å²) in [6, 6.07) is 5.05. The third-order valence-corrected chi connectivity index (χ3v) is 2.54. The molecule has 0 aliphatic carbocycles. The number of hydrogen-bond donors (Lipinski definition) is 0. The fraction of sp³-hybridized carbons (Fsp3) is 0.214. The number of nitrogens with zero attached hydrogens (tertiary/aromatic N) is 2. The SMILES string of the molecule is CC(=O)COc1cnc(-c2ccccc2C(F)(F)F)nc1. The Morgan fingerprint density at radius 1 is 1.19 bits per heavy atom. The molecule has 21 heavy (non-hydrogen) atoms. The van der Waals surface area contributed by atoms with Crippen LogP contribution in [0.4, 0.5) is 13.2 Å². The van der Waals surface area contributed by atoms with Crippen LogP contribution in [0.2, 0.25) is 0 Å². The van der Waals surface area contributed by atoms with Gasteiger partial charge >= 0.3 is 6.18 Å². The molecule has 0 unspecified atom stereocenters. The van der Waals surface area contributed by atoms with Crippen LogP contribution < -0.4 is 4.74 Å². The molecular weight excluding hydrogens is 285 g/mol. The number of alkyl halides is 3. The molecule has 1 heterocycles. The van der Waals surface area contributed by atoms with E-state index < -0.39 is 11.7 Å². The van der Waals surface area contributed by atoms with E-state index in [4.69, 9.17) is 4.74 Å². The molecule has 0 bridgehead atoms. The van der Waals surface area contributed by atoms with Crippen molar-refractivity contribution in [2.45, 2.75) is 13.1 Å². The Labute approximate surface area is 118 Å². The van der Waals surface area contributed by atoms with Crippen LogP contribution in [0.1, 0.15) is 12.5 Å². The lowest BCUT2D eigenvalue weighted by molar-refractivity contribution is -0.137. The van der Waals surface area contributed by atoms with E-state index in [-0.39, 0.29) is 29.5 Å². The van der Waals surface area contributed by atoms with Crippen molar-refractivity contribution in [3.8, 4) is 17.1 Å². The van der Waals surface area contributed by atoms with Gasteiger partial charge in [0, 0.05) is 5.56 Å². The lowest BCUT2D eigenvalue weighted by Gasteiger charge is -2.11. The molecule has 0 aliphatic heterocycles. The van der Waals surface area contributed by atoms with Gasteiger partial charge in [0.15, 0.2) is 17.4 Å². The molecule has 2 aromatic rings. The third-order valence-electron chi connectivity index (χ3n) is 2.54. The highest BCUT2D eigenvalue weighted by atomic mass is 19.4. The molecule has 1 aromatic carbocycles. The lowest BCUT2D eigenvalue weighted by Crippen LogP contribution is -2.09. The molecule has 0 saturated heterocycles. The van der Waals surface area contributed by atoms with Crippen molar-refractivity contribution in [1.29, 1.82) is 0 Å². The maximum Gasteiger partial charge on any atom is 0.417 e. The fourth-order valence-corrected chi connectivity index (χ4v) is 1.64. The number of ether oxygens (including phenoxy) is 1. The quantitative estimate of drug-likeness (QED) is 0.869. The molecule has 7 heteroatoms. The second-order valence-electron chi connectivity index (χ2n) is 4.28. The molecule has 0 radical (unpaired) electrons. The Morgan fingerprint density at radius 3 is 2.38 bits per heavy atom. The van der Waals surface area contributed by atoms with Crippen LogP contribution in [-0.4, -0.2) is 22.4 Å². The van der Waals surface area contributed by atoms with Crippen LogP contribution in [0.3, 0.4) is 0 Å². The second-order valence-corrected chi connectivity index (χ2v) is 4.28. The highest BCUT2D eigenvalue weighted by molar-refractivity contribution is 5.77. The first-order valence-corrected chi connectivity index (χ1v) is 5.99. The van der Waals surface area contributed by atoms with Gasteiger partial charge in [-0.05, 0) is 13.0 Å². The van der Waals surface area contributed by atoms with Crippen LogP contribution in [0.25, 0.3) is 11.4 Å². The summed E-state index contributed by atoms with van der Waals surface area (Å²) in [5.74, 6) is -0.0157. The van der Waals surface area contributed by atoms with Gasteiger partial charge in [0.1, 0.15) is 6.61 Å². The van der Waals surface area contributed by atoms with E-state index in [0.717, 1.165) is 6.07 Å². The first kappa shape index (κ1) is 15.0. The fourth-order valence-electron chi connectivity index (χ4n) is 1.64. The zero-order valence-corrected chi connectivity index (χ0v) is 11.0. The minimum Gasteiger partial charge on any atom is -0.483 e. The molecule has 110 valence electrons. The van der Waals surface area contributed by atoms with Gasteiger partial charge in [-0.3, -0.25) is 4.79 Å². The molecule has 1 aromatic heterocycles. The maximum absolute atomic E-state index is 12.9. The van der Waals surface area contributed by atoms with Crippen LogP contribution in [-0.2, 0) is 11.0 Å². The first-order chi connectivity index (χ1) is 9.88. The molecule has 0 spiro atoms. The molecule has 2 rings (SSSR count). The average molecular weight is 296 g/mol. The second kappa shape index (κ2) is 5.90. The van der Waals surface area contributed by atoms with E-state index in [1.54, 1.807) is 0 Å². The molecule has 0 amide bonds. The normalized spacial score (nSPS) is 11.2. The van der Waals surface area contributed by atoms with Gasteiger partial charge in [-0.1, -0.05) is 18.2 Å². The number of carbonyl (C=O) groups excluding carboxylic acids is 1. The maximum atomic E-state index is 12.9. The molecule has 0 atom stereocenters. The van der Waals surface area contributed by atoms with Crippen molar-refractivity contribution < 1.29 is 22.7 Å². The Hall–Kier alpha value is -2.44. The van der Waals surface area contributed by atoms with Crippen molar-refractivity contribution in [3.63, 3.8) is 0 Å². The highest BCUT2D eigenvalue weighted by Gasteiger charge is 2.33. The molecular formula is C14H11F3N2O2. The summed E-state index contributed by atoms with van der Waals surface area (Å²) in [5.41, 5.74) is -0.912. The van der Waals surface area contributed by atoms with E-state index in [2.05, 4.69) is 9.97 Å². The summed E-state index contributed by atoms with van der Waals surface area (Å²) in [6.45, 7) is 1.22. The molecule has 0 N–H and O–H groups in total. The van der Waals surface area contributed by atoms with Gasteiger partial charge in [0.2, 0.25) is 0 Å². The smallest absolute Gasteiger partial charge is 0.417 e. The molecule has 0 saturated carbocycles. The zero-order valence-electron chi connectivity index (χ0n) is 11.0. The summed E-state index contributed by atoms with van der Waals surface area (Å²) < 4.78 is 43.8. The van der Waals surface area contributed by atoms with Crippen molar-refractivity contribution in [2.75, 3.05) is 6.61 Å². The summed E-state index contributed by atoms with van der Waals surface area (Å²) in [5, 5.41) is 0. The number of aromatic nitrogens is 2. The first-order valence-electron chi connectivity index (χ1n) is 5.99. The van der Waals surface area contributed by atoms with Gasteiger partial charge in [-0.2, -0.15) is 13.2 Å². The molecule has 0 fully saturated rings. The van der Waals surface area contributed by atoms with Crippen LogP contribution in [0, 0.1) is 0 Å². The number of halogens is 3. The predicted molar refractivity (Wildman–Crippen MR) is 68.6 cm³/mol. The highest BCUT2D eigenvalue weighted by Crippen LogP contribution is 2.35. The number of carbonyl (C=O) groups is 1. The standard InChI is InChI=1S/C14H11F3N2O2/c1-9(20)8-21-10-6-18-13(19-7-10)11-4-2-3-5-12(11)14(15,16)17/h2-7H,8H2,1H3. The van der Waals surface area contributed by atoms with Crippen LogP contribution >= 0.6 is 0 Å². The van der Waals surface area contributed by atoms with Crippen molar-refractivity contribution in [3.05, 3.63) is 42.2 Å². The zero-order chi connectivity index (χ0) is 15.5. The van der Waals surface area contributed by atoms with E-state index in [0.29, 0.717) is 0 Å². The monoisotopic (exact) mass is 296 g/mol. The van der Waals surface area contributed by atoms with E-state index in [9.17, 15) is 18.0 Å². The number of hydrogen-bond acceptors (Lipinski definition) is 4.